The third-order valence-corrected chi connectivity index (χ3v) is 4.98. The van der Waals surface area contributed by atoms with Crippen molar-refractivity contribution in [1.82, 2.24) is 9.88 Å². The van der Waals surface area contributed by atoms with Gasteiger partial charge in [-0.25, -0.2) is 4.98 Å². The Hall–Kier alpha value is -2.54. The van der Waals surface area contributed by atoms with E-state index < -0.39 is 4.92 Å². The number of morpholine rings is 1. The van der Waals surface area contributed by atoms with Crippen LogP contribution in [0.25, 0.3) is 0 Å². The van der Waals surface area contributed by atoms with Crippen LogP contribution in [-0.2, 0) is 4.74 Å². The maximum atomic E-state index is 10.9. The minimum atomic E-state index is -0.600. The number of thiophene rings is 1. The van der Waals surface area contributed by atoms with E-state index >= 15 is 0 Å². The highest BCUT2D eigenvalue weighted by atomic mass is 32.1. The van der Waals surface area contributed by atoms with Gasteiger partial charge in [0.05, 0.1) is 24.2 Å². The highest BCUT2D eigenvalue weighted by Gasteiger charge is 2.24. The summed E-state index contributed by atoms with van der Waals surface area (Å²) >= 11 is 1.69. The molecule has 8 nitrogen and oxygen atoms in total. The second-order valence-electron chi connectivity index (χ2n) is 5.49. The smallest absolute Gasteiger partial charge is 0.305 e. The van der Waals surface area contributed by atoms with Crippen LogP contribution in [0, 0.1) is 21.4 Å². The predicted octanol–water partition coefficient (Wildman–Crippen LogP) is 2.41. The third-order valence-electron chi connectivity index (χ3n) is 4.01. The standard InChI is InChI=1S/C16H17N5O3S/c17-10-12-13(21(22)23)3-4-16(19-12)18-11-14(15-2-1-9-25-15)20-5-7-24-8-6-20/h1-4,9,14H,5-8,11H2,(H,18,19). The van der Waals surface area contributed by atoms with Gasteiger partial charge >= 0.3 is 5.69 Å². The van der Waals surface area contributed by atoms with Crippen molar-refractivity contribution >= 4 is 22.8 Å². The Morgan fingerprint density at radius 3 is 2.88 bits per heavy atom. The van der Waals surface area contributed by atoms with Crippen LogP contribution < -0.4 is 5.32 Å². The van der Waals surface area contributed by atoms with E-state index in [0.717, 1.165) is 13.1 Å². The number of nitriles is 1. The zero-order valence-corrected chi connectivity index (χ0v) is 14.2. The largest absolute Gasteiger partial charge is 0.379 e. The van der Waals surface area contributed by atoms with Crippen molar-refractivity contribution in [2.75, 3.05) is 38.2 Å². The highest BCUT2D eigenvalue weighted by molar-refractivity contribution is 7.10. The van der Waals surface area contributed by atoms with Crippen LogP contribution in [0.15, 0.2) is 29.6 Å². The van der Waals surface area contributed by atoms with Gasteiger partial charge < -0.3 is 10.1 Å². The summed E-state index contributed by atoms with van der Waals surface area (Å²) in [5, 5.41) is 25.2. The number of hydrogen-bond acceptors (Lipinski definition) is 8. The van der Waals surface area contributed by atoms with Crippen LogP contribution in [0.3, 0.4) is 0 Å². The van der Waals surface area contributed by atoms with Gasteiger partial charge in [-0.1, -0.05) is 6.07 Å². The van der Waals surface area contributed by atoms with Crippen LogP contribution in [-0.4, -0.2) is 47.7 Å². The van der Waals surface area contributed by atoms with Crippen LogP contribution in [0.1, 0.15) is 16.6 Å². The van der Waals surface area contributed by atoms with Crippen molar-refractivity contribution in [2.45, 2.75) is 6.04 Å². The van der Waals surface area contributed by atoms with Crippen molar-refractivity contribution in [2.24, 2.45) is 0 Å². The second-order valence-corrected chi connectivity index (χ2v) is 6.47. The van der Waals surface area contributed by atoms with E-state index in [1.165, 1.54) is 17.0 Å². The van der Waals surface area contributed by atoms with Gasteiger partial charge in [0.1, 0.15) is 11.9 Å². The quantitative estimate of drug-likeness (QED) is 0.624. The molecule has 0 amide bonds. The molecule has 2 aromatic heterocycles. The second kappa shape index (κ2) is 8.02. The number of hydrogen-bond donors (Lipinski definition) is 1. The van der Waals surface area contributed by atoms with Crippen LogP contribution in [0.5, 0.6) is 0 Å². The Bertz CT molecular complexity index is 769. The van der Waals surface area contributed by atoms with Gasteiger partial charge in [-0.15, -0.1) is 11.3 Å². The lowest BCUT2D eigenvalue weighted by atomic mass is 10.2. The number of nitrogens with one attached hydrogen (secondary N) is 1. The first-order valence-electron chi connectivity index (χ1n) is 7.83. The maximum absolute atomic E-state index is 10.9. The van der Waals surface area contributed by atoms with E-state index in [2.05, 4.69) is 21.3 Å². The monoisotopic (exact) mass is 359 g/mol. The molecule has 0 spiro atoms. The minimum absolute atomic E-state index is 0.159. The molecule has 1 aliphatic heterocycles. The zero-order valence-electron chi connectivity index (χ0n) is 13.4. The lowest BCUT2D eigenvalue weighted by molar-refractivity contribution is -0.385. The van der Waals surface area contributed by atoms with E-state index in [4.69, 9.17) is 10.00 Å². The summed E-state index contributed by atoms with van der Waals surface area (Å²) in [6, 6.07) is 8.89. The van der Waals surface area contributed by atoms with Crippen molar-refractivity contribution in [3.8, 4) is 6.07 Å². The first-order chi connectivity index (χ1) is 12.2. The van der Waals surface area contributed by atoms with Crippen molar-refractivity contribution in [3.05, 3.63) is 50.3 Å². The SMILES string of the molecule is N#Cc1nc(NCC(c2cccs2)N2CCOCC2)ccc1[N+](=O)[O-]. The lowest BCUT2D eigenvalue weighted by Gasteiger charge is -2.34. The minimum Gasteiger partial charge on any atom is -0.379 e. The van der Waals surface area contributed by atoms with Crippen molar-refractivity contribution < 1.29 is 9.66 Å². The molecular weight excluding hydrogens is 342 g/mol. The summed E-state index contributed by atoms with van der Waals surface area (Å²) in [5.74, 6) is 0.456. The van der Waals surface area contributed by atoms with Gasteiger partial charge in [-0.2, -0.15) is 5.26 Å². The molecule has 0 radical (unpaired) electrons. The highest BCUT2D eigenvalue weighted by Crippen LogP contribution is 2.27. The van der Waals surface area contributed by atoms with E-state index in [9.17, 15) is 10.1 Å². The maximum Gasteiger partial charge on any atom is 0.305 e. The number of pyridine rings is 1. The Morgan fingerprint density at radius 1 is 1.44 bits per heavy atom. The van der Waals surface area contributed by atoms with Gasteiger partial charge in [-0.05, 0) is 17.5 Å². The molecule has 1 N–H and O–H groups in total. The Labute approximate surface area is 148 Å². The number of nitrogens with zero attached hydrogens (tertiary/aromatic N) is 4. The topological polar surface area (TPSA) is 104 Å². The molecular formula is C16H17N5O3S. The summed E-state index contributed by atoms with van der Waals surface area (Å²) in [6.45, 7) is 3.70. The molecule has 1 saturated heterocycles. The predicted molar refractivity (Wildman–Crippen MR) is 93.5 cm³/mol. The van der Waals surface area contributed by atoms with Gasteiger partial charge in [-0.3, -0.25) is 15.0 Å². The molecule has 3 heterocycles. The van der Waals surface area contributed by atoms with Crippen molar-refractivity contribution in [1.29, 1.82) is 5.26 Å². The fraction of sp³-hybridized carbons (Fsp3) is 0.375. The van der Waals surface area contributed by atoms with E-state index in [0.29, 0.717) is 25.6 Å². The molecule has 0 aromatic carbocycles. The fourth-order valence-electron chi connectivity index (χ4n) is 2.76. The number of ether oxygens (including phenoxy) is 1. The number of rotatable bonds is 6. The molecule has 0 saturated carbocycles. The van der Waals surface area contributed by atoms with E-state index in [1.807, 2.05) is 11.4 Å². The summed E-state index contributed by atoms with van der Waals surface area (Å²) in [4.78, 5) is 17.9. The molecule has 25 heavy (non-hydrogen) atoms. The van der Waals surface area contributed by atoms with Crippen LogP contribution in [0.4, 0.5) is 11.5 Å². The molecule has 130 valence electrons. The molecule has 3 rings (SSSR count). The first kappa shape index (κ1) is 17.3. The summed E-state index contributed by atoms with van der Waals surface area (Å²) < 4.78 is 5.42. The first-order valence-corrected chi connectivity index (χ1v) is 8.71. The molecule has 0 aliphatic carbocycles. The number of aromatic nitrogens is 1. The summed E-state index contributed by atoms with van der Waals surface area (Å²) in [6.07, 6.45) is 0. The molecule has 1 fully saturated rings. The summed E-state index contributed by atoms with van der Waals surface area (Å²) in [7, 11) is 0. The van der Waals surface area contributed by atoms with E-state index in [1.54, 1.807) is 17.4 Å². The molecule has 1 unspecified atom stereocenters. The average Bonchev–Trinajstić information content (AvgIpc) is 3.17. The number of nitro groups is 1. The van der Waals surface area contributed by atoms with Crippen molar-refractivity contribution in [3.63, 3.8) is 0 Å². The molecule has 2 aromatic rings. The third kappa shape index (κ3) is 4.11. The van der Waals surface area contributed by atoms with Crippen LogP contribution in [0.2, 0.25) is 0 Å². The molecule has 9 heteroatoms. The molecule has 0 bridgehead atoms. The fourth-order valence-corrected chi connectivity index (χ4v) is 3.62. The molecule has 1 atom stereocenters. The molecule has 1 aliphatic rings. The van der Waals surface area contributed by atoms with E-state index in [-0.39, 0.29) is 17.4 Å². The van der Waals surface area contributed by atoms with Crippen LogP contribution >= 0.6 is 11.3 Å². The Kier molecular flexibility index (Phi) is 5.55. The average molecular weight is 359 g/mol. The van der Waals surface area contributed by atoms with Gasteiger partial charge in [0.15, 0.2) is 0 Å². The lowest BCUT2D eigenvalue weighted by Crippen LogP contribution is -2.41. The Balaban J connectivity index is 1.75. The van der Waals surface area contributed by atoms with Gasteiger partial charge in [0.2, 0.25) is 5.69 Å². The number of anilines is 1. The normalized spacial score (nSPS) is 16.1. The van der Waals surface area contributed by atoms with Gasteiger partial charge in [0.25, 0.3) is 0 Å². The Morgan fingerprint density at radius 2 is 2.24 bits per heavy atom. The zero-order chi connectivity index (χ0) is 17.6. The summed E-state index contributed by atoms with van der Waals surface area (Å²) in [5.41, 5.74) is -0.468. The van der Waals surface area contributed by atoms with Gasteiger partial charge in [0, 0.05) is 30.6 Å².